The molecule has 39 heavy (non-hydrogen) atoms. The molecule has 210 valence electrons. The molecule has 0 aromatic carbocycles. The number of carbonyl (C=O) groups is 1. The van der Waals surface area contributed by atoms with Gasteiger partial charge in [0.15, 0.2) is 0 Å². The Kier molecular flexibility index (Phi) is 8.38. The standard InChI is InChI=1S/C26H35F2N9O2/c1-14(2)31-9-10-32-16-5-6-17(21(29)39-22(30)20(27)28)35-19(16)15-7-11-37(12-8-15)24-18-23(33-13-34-24)36-25(38)26(18,3)4/h5-6,13-15,20,29-32H,7-12H2,1-4H3,(H,33,34,36,38). The lowest BCUT2D eigenvalue weighted by Crippen LogP contribution is -2.36. The number of fused-ring (bicyclic) bond motifs is 1. The Morgan fingerprint density at radius 3 is 2.59 bits per heavy atom. The molecule has 5 N–H and O–H groups in total. The van der Waals surface area contributed by atoms with E-state index in [1.54, 1.807) is 6.07 Å². The van der Waals surface area contributed by atoms with Crippen molar-refractivity contribution in [2.75, 3.05) is 41.7 Å². The fourth-order valence-corrected chi connectivity index (χ4v) is 4.86. The highest BCUT2D eigenvalue weighted by atomic mass is 19.3. The maximum absolute atomic E-state index is 12.8. The van der Waals surface area contributed by atoms with Gasteiger partial charge in [-0.1, -0.05) is 13.8 Å². The molecule has 0 radical (unpaired) electrons. The van der Waals surface area contributed by atoms with Gasteiger partial charge >= 0.3 is 6.43 Å². The maximum atomic E-state index is 12.8. The molecule has 1 saturated heterocycles. The summed E-state index contributed by atoms with van der Waals surface area (Å²) >= 11 is 0. The zero-order chi connectivity index (χ0) is 28.3. The minimum Gasteiger partial charge on any atom is -0.417 e. The normalized spacial score (nSPS) is 16.8. The quantitative estimate of drug-likeness (QED) is 0.183. The van der Waals surface area contributed by atoms with E-state index in [-0.39, 0.29) is 17.5 Å². The number of hydrogen-bond donors (Lipinski definition) is 5. The second-order valence-corrected chi connectivity index (χ2v) is 10.5. The van der Waals surface area contributed by atoms with E-state index >= 15 is 0 Å². The molecule has 2 aromatic rings. The lowest BCUT2D eigenvalue weighted by atomic mass is 9.86. The summed E-state index contributed by atoms with van der Waals surface area (Å²) in [7, 11) is 0. The van der Waals surface area contributed by atoms with Gasteiger partial charge in [-0.05, 0) is 38.8 Å². The number of anilines is 3. The summed E-state index contributed by atoms with van der Waals surface area (Å²) in [5.41, 5.74) is 1.66. The van der Waals surface area contributed by atoms with Crippen molar-refractivity contribution in [3.63, 3.8) is 0 Å². The number of amides is 1. The molecular weight excluding hydrogens is 508 g/mol. The molecule has 0 bridgehead atoms. The van der Waals surface area contributed by atoms with Crippen molar-refractivity contribution < 1.29 is 18.3 Å². The second-order valence-electron chi connectivity index (χ2n) is 10.5. The van der Waals surface area contributed by atoms with Crippen LogP contribution in [-0.4, -0.2) is 71.3 Å². The molecule has 1 fully saturated rings. The Morgan fingerprint density at radius 1 is 1.21 bits per heavy atom. The molecule has 2 aromatic heterocycles. The van der Waals surface area contributed by atoms with E-state index < -0.39 is 23.6 Å². The fraction of sp³-hybridized carbons (Fsp3) is 0.538. The third-order valence-electron chi connectivity index (χ3n) is 6.99. The number of nitrogens with one attached hydrogen (secondary N) is 5. The summed E-state index contributed by atoms with van der Waals surface area (Å²) in [6.45, 7) is 10.6. The molecule has 4 rings (SSSR count). The topological polar surface area (TPSA) is 152 Å². The van der Waals surface area contributed by atoms with Crippen LogP contribution in [0.4, 0.5) is 26.1 Å². The number of hydrogen-bond acceptors (Lipinski definition) is 10. The largest absolute Gasteiger partial charge is 0.417 e. The highest BCUT2D eigenvalue weighted by molar-refractivity contribution is 6.06. The first-order valence-corrected chi connectivity index (χ1v) is 13.0. The molecule has 0 unspecified atom stereocenters. The van der Waals surface area contributed by atoms with Crippen molar-refractivity contribution in [1.29, 1.82) is 10.8 Å². The Labute approximate surface area is 226 Å². The summed E-state index contributed by atoms with van der Waals surface area (Å²) in [5.74, 6) is -0.688. The molecule has 13 heteroatoms. The van der Waals surface area contributed by atoms with Crippen LogP contribution >= 0.6 is 0 Å². The summed E-state index contributed by atoms with van der Waals surface area (Å²) in [6.07, 6.45) is -0.209. The number of pyridine rings is 1. The predicted octanol–water partition coefficient (Wildman–Crippen LogP) is 3.48. The van der Waals surface area contributed by atoms with Crippen LogP contribution < -0.4 is 20.9 Å². The minimum absolute atomic E-state index is 0.0201. The summed E-state index contributed by atoms with van der Waals surface area (Å²) < 4.78 is 30.3. The van der Waals surface area contributed by atoms with Crippen molar-refractivity contribution in [2.24, 2.45) is 0 Å². The number of rotatable bonds is 9. The smallest absolute Gasteiger partial charge is 0.312 e. The van der Waals surface area contributed by atoms with Gasteiger partial charge in [-0.25, -0.2) is 15.0 Å². The van der Waals surface area contributed by atoms with Gasteiger partial charge in [0.05, 0.1) is 22.4 Å². The van der Waals surface area contributed by atoms with Gasteiger partial charge in [-0.3, -0.25) is 15.6 Å². The van der Waals surface area contributed by atoms with E-state index in [0.717, 1.165) is 42.1 Å². The number of nitrogens with zero attached hydrogens (tertiary/aromatic N) is 4. The van der Waals surface area contributed by atoms with Crippen LogP contribution in [0.15, 0.2) is 18.5 Å². The van der Waals surface area contributed by atoms with Gasteiger partial charge in [0.25, 0.3) is 5.90 Å². The SMILES string of the molecule is CC(C)NCCNc1ccc(C(=N)OC(=N)C(F)F)nc1C1CCN(c2ncnc3c2C(C)(C)C(=O)N3)CC1. The van der Waals surface area contributed by atoms with Crippen LogP contribution in [0.1, 0.15) is 63.4 Å². The first-order chi connectivity index (χ1) is 18.5. The number of halogens is 2. The van der Waals surface area contributed by atoms with Gasteiger partial charge in [0, 0.05) is 38.1 Å². The zero-order valence-electron chi connectivity index (χ0n) is 22.6. The Morgan fingerprint density at radius 2 is 1.92 bits per heavy atom. The molecule has 2 aliphatic rings. The molecule has 0 atom stereocenters. The first-order valence-electron chi connectivity index (χ1n) is 13.0. The molecule has 1 amide bonds. The number of carbonyl (C=O) groups excluding carboxylic acids is 1. The lowest BCUT2D eigenvalue weighted by molar-refractivity contribution is -0.119. The molecule has 11 nitrogen and oxygen atoms in total. The molecular formula is C26H35F2N9O2. The van der Waals surface area contributed by atoms with Gasteiger partial charge < -0.3 is 25.6 Å². The van der Waals surface area contributed by atoms with E-state index in [1.165, 1.54) is 12.4 Å². The van der Waals surface area contributed by atoms with E-state index in [2.05, 4.69) is 49.6 Å². The number of aromatic nitrogens is 3. The minimum atomic E-state index is -3.11. The van der Waals surface area contributed by atoms with E-state index in [4.69, 9.17) is 15.6 Å². The van der Waals surface area contributed by atoms with Crippen LogP contribution in [-0.2, 0) is 14.9 Å². The van der Waals surface area contributed by atoms with Crippen LogP contribution in [0.5, 0.6) is 0 Å². The zero-order valence-corrected chi connectivity index (χ0v) is 22.6. The lowest BCUT2D eigenvalue weighted by Gasteiger charge is -2.35. The van der Waals surface area contributed by atoms with Gasteiger partial charge in [-0.15, -0.1) is 0 Å². The number of ether oxygens (including phenoxy) is 1. The average Bonchev–Trinajstić information content (AvgIpc) is 3.14. The monoisotopic (exact) mass is 543 g/mol. The summed E-state index contributed by atoms with van der Waals surface area (Å²) in [6, 6.07) is 3.66. The maximum Gasteiger partial charge on any atom is 0.312 e. The predicted molar refractivity (Wildman–Crippen MR) is 145 cm³/mol. The molecule has 0 spiro atoms. The molecule has 0 aliphatic carbocycles. The Balaban J connectivity index is 1.54. The van der Waals surface area contributed by atoms with Gasteiger partial charge in [-0.2, -0.15) is 8.78 Å². The van der Waals surface area contributed by atoms with Crippen LogP contribution in [0.3, 0.4) is 0 Å². The van der Waals surface area contributed by atoms with Crippen molar-refractivity contribution in [1.82, 2.24) is 20.3 Å². The second kappa shape index (κ2) is 11.6. The van der Waals surface area contributed by atoms with Gasteiger partial charge in [0.2, 0.25) is 11.8 Å². The van der Waals surface area contributed by atoms with Crippen molar-refractivity contribution in [3.05, 3.63) is 35.4 Å². The van der Waals surface area contributed by atoms with Crippen LogP contribution in [0, 0.1) is 10.8 Å². The Hall–Kier alpha value is -3.74. The molecule has 2 aliphatic heterocycles. The Bertz CT molecular complexity index is 1240. The van der Waals surface area contributed by atoms with Crippen molar-refractivity contribution in [3.8, 4) is 0 Å². The first kappa shape index (κ1) is 28.3. The highest BCUT2D eigenvalue weighted by Gasteiger charge is 2.43. The van der Waals surface area contributed by atoms with E-state index in [9.17, 15) is 13.6 Å². The van der Waals surface area contributed by atoms with E-state index in [0.29, 0.717) is 31.5 Å². The fourth-order valence-electron chi connectivity index (χ4n) is 4.86. The number of alkyl halides is 2. The summed E-state index contributed by atoms with van der Waals surface area (Å²) in [4.78, 5) is 28.1. The van der Waals surface area contributed by atoms with Crippen LogP contribution in [0.25, 0.3) is 0 Å². The van der Waals surface area contributed by atoms with Crippen molar-refractivity contribution in [2.45, 2.75) is 64.3 Å². The third kappa shape index (κ3) is 6.13. The molecule has 4 heterocycles. The van der Waals surface area contributed by atoms with E-state index in [1.807, 2.05) is 13.8 Å². The van der Waals surface area contributed by atoms with Crippen LogP contribution in [0.2, 0.25) is 0 Å². The molecule has 0 saturated carbocycles. The van der Waals surface area contributed by atoms with Gasteiger partial charge in [0.1, 0.15) is 23.7 Å². The third-order valence-corrected chi connectivity index (χ3v) is 6.99. The summed E-state index contributed by atoms with van der Waals surface area (Å²) in [5, 5.41) is 24.9. The van der Waals surface area contributed by atoms with Crippen molar-refractivity contribution >= 4 is 35.0 Å². The number of piperidine rings is 1. The highest BCUT2D eigenvalue weighted by Crippen LogP contribution is 2.42. The average molecular weight is 544 g/mol.